The van der Waals surface area contributed by atoms with Gasteiger partial charge < -0.3 is 9.72 Å². The Balaban J connectivity index is 1.75. The molecule has 0 aliphatic carbocycles. The molecule has 0 saturated heterocycles. The number of aromatic nitrogens is 1. The fourth-order valence-electron chi connectivity index (χ4n) is 2.76. The van der Waals surface area contributed by atoms with Crippen LogP contribution in [0.25, 0.3) is 10.9 Å². The summed E-state index contributed by atoms with van der Waals surface area (Å²) >= 11 is 0. The number of hydrogen-bond donors (Lipinski definition) is 2. The van der Waals surface area contributed by atoms with Gasteiger partial charge in [-0.2, -0.15) is 0 Å². The number of H-pyrrole nitrogens is 1. The highest BCUT2D eigenvalue weighted by Gasteiger charge is 2.19. The second-order valence-electron chi connectivity index (χ2n) is 5.81. The van der Waals surface area contributed by atoms with Crippen LogP contribution in [0, 0.1) is 12.7 Å². The molecule has 0 amide bonds. The number of nitrogens with one attached hydrogen (secondary N) is 2. The molecule has 0 unspecified atom stereocenters. The summed E-state index contributed by atoms with van der Waals surface area (Å²) < 4.78 is 46.1. The third-order valence-corrected chi connectivity index (χ3v) is 5.51. The fraction of sp³-hybridized carbons (Fsp3) is 0.222. The van der Waals surface area contributed by atoms with E-state index in [1.807, 2.05) is 6.92 Å². The zero-order valence-electron chi connectivity index (χ0n) is 14.0. The average molecular weight is 362 g/mol. The van der Waals surface area contributed by atoms with Crippen molar-refractivity contribution < 1.29 is 17.5 Å². The third-order valence-electron chi connectivity index (χ3n) is 4.02. The van der Waals surface area contributed by atoms with Crippen LogP contribution in [-0.4, -0.2) is 27.1 Å². The maximum absolute atomic E-state index is 13.2. The molecule has 2 N–H and O–H groups in total. The monoisotopic (exact) mass is 362 g/mol. The Hall–Kier alpha value is -2.38. The van der Waals surface area contributed by atoms with E-state index in [0.29, 0.717) is 17.7 Å². The lowest BCUT2D eigenvalue weighted by atomic mass is 10.1. The predicted octanol–water partition coefficient (Wildman–Crippen LogP) is 3.15. The number of ether oxygens (including phenoxy) is 1. The van der Waals surface area contributed by atoms with E-state index in [1.54, 1.807) is 30.5 Å². The molecule has 25 heavy (non-hydrogen) atoms. The first-order valence-electron chi connectivity index (χ1n) is 7.80. The number of benzene rings is 2. The summed E-state index contributed by atoms with van der Waals surface area (Å²) in [4.78, 5) is 3.12. The number of fused-ring (bicyclic) bond motifs is 1. The standard InChI is InChI=1S/C18H19FN2O3S/c1-12-3-6-17(24-2)18(9-12)25(22,23)21-8-7-13-11-20-16-10-14(19)4-5-15(13)16/h3-6,9-11,20-21H,7-8H2,1-2H3. The zero-order chi connectivity index (χ0) is 18.0. The average Bonchev–Trinajstić information content (AvgIpc) is 2.97. The van der Waals surface area contributed by atoms with Crippen LogP contribution in [0.5, 0.6) is 5.75 Å². The lowest BCUT2D eigenvalue weighted by Crippen LogP contribution is -2.26. The van der Waals surface area contributed by atoms with Crippen LogP contribution in [-0.2, 0) is 16.4 Å². The fourth-order valence-corrected chi connectivity index (χ4v) is 4.04. The highest BCUT2D eigenvalue weighted by molar-refractivity contribution is 7.89. The molecule has 0 bridgehead atoms. The van der Waals surface area contributed by atoms with Gasteiger partial charge in [0.25, 0.3) is 0 Å². The van der Waals surface area contributed by atoms with Gasteiger partial charge in [0.1, 0.15) is 16.5 Å². The summed E-state index contributed by atoms with van der Waals surface area (Å²) in [6, 6.07) is 9.51. The van der Waals surface area contributed by atoms with Crippen molar-refractivity contribution in [2.45, 2.75) is 18.2 Å². The van der Waals surface area contributed by atoms with Crippen molar-refractivity contribution in [2.24, 2.45) is 0 Å². The van der Waals surface area contributed by atoms with Gasteiger partial charge in [0.2, 0.25) is 10.0 Å². The van der Waals surface area contributed by atoms with Crippen molar-refractivity contribution >= 4 is 20.9 Å². The molecule has 0 saturated carbocycles. The van der Waals surface area contributed by atoms with Gasteiger partial charge in [-0.3, -0.25) is 0 Å². The molecule has 0 spiro atoms. The Bertz CT molecular complexity index is 1010. The molecule has 1 aromatic heterocycles. The SMILES string of the molecule is COc1ccc(C)cc1S(=O)(=O)NCCc1c[nH]c2cc(F)ccc12. The summed E-state index contributed by atoms with van der Waals surface area (Å²) in [5, 5.41) is 0.883. The molecule has 0 aliphatic heterocycles. The van der Waals surface area contributed by atoms with Gasteiger partial charge in [0.15, 0.2) is 0 Å². The molecule has 3 rings (SSSR count). The Morgan fingerprint density at radius 2 is 2.00 bits per heavy atom. The van der Waals surface area contributed by atoms with Gasteiger partial charge in [-0.1, -0.05) is 6.07 Å². The van der Waals surface area contributed by atoms with Gasteiger partial charge in [0.05, 0.1) is 7.11 Å². The maximum atomic E-state index is 13.2. The van der Waals surface area contributed by atoms with Crippen LogP contribution in [0.2, 0.25) is 0 Å². The normalized spacial score (nSPS) is 11.8. The quantitative estimate of drug-likeness (QED) is 0.708. The maximum Gasteiger partial charge on any atom is 0.244 e. The van der Waals surface area contributed by atoms with Gasteiger partial charge >= 0.3 is 0 Å². The molecular formula is C18H19FN2O3S. The van der Waals surface area contributed by atoms with E-state index in [1.165, 1.54) is 19.2 Å². The van der Waals surface area contributed by atoms with Crippen LogP contribution in [0.1, 0.15) is 11.1 Å². The minimum Gasteiger partial charge on any atom is -0.495 e. The topological polar surface area (TPSA) is 71.2 Å². The first-order valence-corrected chi connectivity index (χ1v) is 9.29. The molecule has 5 nitrogen and oxygen atoms in total. The Labute approximate surface area is 145 Å². The Kier molecular flexibility index (Phi) is 4.78. The highest BCUT2D eigenvalue weighted by atomic mass is 32.2. The number of methoxy groups -OCH3 is 1. The van der Waals surface area contributed by atoms with Crippen LogP contribution < -0.4 is 9.46 Å². The number of aromatic amines is 1. The van der Waals surface area contributed by atoms with Crippen molar-refractivity contribution in [1.29, 1.82) is 0 Å². The summed E-state index contributed by atoms with van der Waals surface area (Å²) in [6.45, 7) is 2.05. The Morgan fingerprint density at radius 3 is 2.76 bits per heavy atom. The van der Waals surface area contributed by atoms with E-state index in [0.717, 1.165) is 16.5 Å². The van der Waals surface area contributed by atoms with Gasteiger partial charge in [0, 0.05) is 23.6 Å². The van der Waals surface area contributed by atoms with E-state index in [-0.39, 0.29) is 17.3 Å². The highest BCUT2D eigenvalue weighted by Crippen LogP contribution is 2.25. The summed E-state index contributed by atoms with van der Waals surface area (Å²) in [5.74, 6) is -0.00573. The smallest absolute Gasteiger partial charge is 0.244 e. The molecule has 0 atom stereocenters. The molecule has 3 aromatic rings. The minimum absolute atomic E-state index is 0.121. The zero-order valence-corrected chi connectivity index (χ0v) is 14.8. The van der Waals surface area contributed by atoms with Crippen molar-refractivity contribution in [1.82, 2.24) is 9.71 Å². The van der Waals surface area contributed by atoms with Crippen molar-refractivity contribution in [3.05, 3.63) is 59.5 Å². The molecule has 0 radical (unpaired) electrons. The van der Waals surface area contributed by atoms with Crippen LogP contribution in [0.15, 0.2) is 47.5 Å². The van der Waals surface area contributed by atoms with E-state index in [4.69, 9.17) is 4.74 Å². The van der Waals surface area contributed by atoms with Gasteiger partial charge in [-0.25, -0.2) is 17.5 Å². The number of hydrogen-bond acceptors (Lipinski definition) is 3. The predicted molar refractivity (Wildman–Crippen MR) is 94.9 cm³/mol. The number of rotatable bonds is 6. The lowest BCUT2D eigenvalue weighted by Gasteiger charge is -2.11. The summed E-state index contributed by atoms with van der Waals surface area (Å²) in [6.07, 6.45) is 2.25. The minimum atomic E-state index is -3.68. The third kappa shape index (κ3) is 3.67. The lowest BCUT2D eigenvalue weighted by molar-refractivity contribution is 0.402. The molecule has 0 fully saturated rings. The van der Waals surface area contributed by atoms with Gasteiger partial charge in [-0.05, 0) is 54.8 Å². The number of halogens is 1. The molecule has 132 valence electrons. The molecular weight excluding hydrogens is 343 g/mol. The molecule has 7 heteroatoms. The van der Waals surface area contributed by atoms with Crippen LogP contribution in [0.3, 0.4) is 0 Å². The second kappa shape index (κ2) is 6.85. The van der Waals surface area contributed by atoms with Crippen molar-refractivity contribution in [3.8, 4) is 5.75 Å². The molecule has 0 aliphatic rings. The first kappa shape index (κ1) is 17.4. The summed E-state index contributed by atoms with van der Waals surface area (Å²) in [5.41, 5.74) is 2.45. The molecule has 1 heterocycles. The second-order valence-corrected chi connectivity index (χ2v) is 7.54. The van der Waals surface area contributed by atoms with Crippen LogP contribution >= 0.6 is 0 Å². The van der Waals surface area contributed by atoms with Crippen molar-refractivity contribution in [2.75, 3.05) is 13.7 Å². The van der Waals surface area contributed by atoms with E-state index in [2.05, 4.69) is 9.71 Å². The van der Waals surface area contributed by atoms with E-state index in [9.17, 15) is 12.8 Å². The number of aryl methyl sites for hydroxylation is 1. The number of sulfonamides is 1. The van der Waals surface area contributed by atoms with Crippen LogP contribution in [0.4, 0.5) is 4.39 Å². The summed E-state index contributed by atoms with van der Waals surface area (Å²) in [7, 11) is -2.24. The molecule has 2 aromatic carbocycles. The first-order chi connectivity index (χ1) is 11.9. The van der Waals surface area contributed by atoms with Crippen molar-refractivity contribution in [3.63, 3.8) is 0 Å². The van der Waals surface area contributed by atoms with E-state index >= 15 is 0 Å². The van der Waals surface area contributed by atoms with E-state index < -0.39 is 10.0 Å². The largest absolute Gasteiger partial charge is 0.495 e. The van der Waals surface area contributed by atoms with Gasteiger partial charge in [-0.15, -0.1) is 0 Å². The Morgan fingerprint density at radius 1 is 1.20 bits per heavy atom.